The third kappa shape index (κ3) is 39.1. The van der Waals surface area contributed by atoms with Gasteiger partial charge in [0.1, 0.15) is 36.2 Å². The Balaban J connectivity index is 3.47. The maximum atomic E-state index is 12.2. The lowest BCUT2D eigenvalue weighted by atomic mass is 10.0. The van der Waals surface area contributed by atoms with Gasteiger partial charge in [0.15, 0.2) is 0 Å². The van der Waals surface area contributed by atoms with Crippen LogP contribution in [-0.2, 0) is 41.1 Å². The minimum atomic E-state index is -4.14. The van der Waals surface area contributed by atoms with E-state index in [1.807, 2.05) is 0 Å². The molecule has 0 aromatic rings. The van der Waals surface area contributed by atoms with Gasteiger partial charge in [-0.25, -0.2) is 8.37 Å². The number of hydrogen-bond donors (Lipinski definition) is 0. The maximum absolute atomic E-state index is 12.2. The van der Waals surface area contributed by atoms with Gasteiger partial charge in [0.2, 0.25) is 0 Å². The van der Waals surface area contributed by atoms with Gasteiger partial charge in [-0.3, -0.25) is 0 Å². The van der Waals surface area contributed by atoms with Crippen LogP contribution in [0.15, 0.2) is 0 Å². The fraction of sp³-hybridized carbons (Fsp3) is 1.00. The number of hydrogen-bond acceptors (Lipinski definition) is 6. The molecule has 6 nitrogen and oxygen atoms in total. The lowest BCUT2D eigenvalue weighted by Crippen LogP contribution is -2.22. The van der Waals surface area contributed by atoms with Crippen LogP contribution in [-0.4, -0.2) is 53.7 Å². The van der Waals surface area contributed by atoms with Crippen molar-refractivity contribution in [3.63, 3.8) is 0 Å². The molecule has 0 heterocycles. The summed E-state index contributed by atoms with van der Waals surface area (Å²) in [5.41, 5.74) is 0. The SMILES string of the molecule is CCCCCCCCCCCCCCCCC[S+]([O-])CCOS(=O)(=O)OCC[S+]([O-])CCCCCCCCCCCCCCCCC. The van der Waals surface area contributed by atoms with E-state index >= 15 is 0 Å². The van der Waals surface area contributed by atoms with Crippen molar-refractivity contribution in [2.75, 3.05) is 36.2 Å². The average molecular weight is 727 g/mol. The van der Waals surface area contributed by atoms with Crippen LogP contribution in [0.4, 0.5) is 0 Å². The van der Waals surface area contributed by atoms with E-state index in [2.05, 4.69) is 13.8 Å². The highest BCUT2D eigenvalue weighted by atomic mass is 32.3. The van der Waals surface area contributed by atoms with Crippen molar-refractivity contribution in [3.8, 4) is 0 Å². The second-order valence-corrected chi connectivity index (χ2v) is 18.3. The molecule has 0 saturated carbocycles. The predicted octanol–water partition coefficient (Wildman–Crippen LogP) is 11.5. The van der Waals surface area contributed by atoms with Crippen LogP contribution in [0.25, 0.3) is 0 Å². The van der Waals surface area contributed by atoms with Crippen LogP contribution in [0.3, 0.4) is 0 Å². The number of rotatable bonds is 40. The summed E-state index contributed by atoms with van der Waals surface area (Å²) in [6.07, 6.45) is 38.8. The molecule has 0 spiro atoms. The first-order valence-electron chi connectivity index (χ1n) is 20.1. The van der Waals surface area contributed by atoms with Crippen molar-refractivity contribution in [1.29, 1.82) is 0 Å². The molecule has 0 N–H and O–H groups in total. The summed E-state index contributed by atoms with van der Waals surface area (Å²) < 4.78 is 58.1. The van der Waals surface area contributed by atoms with E-state index in [-0.39, 0.29) is 24.7 Å². The average Bonchev–Trinajstić information content (AvgIpc) is 3.04. The molecule has 47 heavy (non-hydrogen) atoms. The summed E-state index contributed by atoms with van der Waals surface area (Å²) in [6, 6.07) is 0. The standard InChI is InChI=1S/C38H78O6S3/c1-3-5-7-9-11-13-15-17-19-21-23-25-27-29-31-35-45(39)37-33-43-47(41,42)44-34-38-46(40)36-32-30-28-26-24-22-20-18-16-14-12-10-8-6-4-2/h3-38H2,1-2H3. The summed E-state index contributed by atoms with van der Waals surface area (Å²) in [5, 5.41) is 0. The Morgan fingerprint density at radius 3 is 0.809 bits per heavy atom. The Labute approximate surface area is 300 Å². The molecule has 0 aromatic heterocycles. The van der Waals surface area contributed by atoms with Gasteiger partial charge in [-0.2, -0.15) is 8.42 Å². The summed E-state index contributed by atoms with van der Waals surface area (Å²) in [4.78, 5) is 0. The van der Waals surface area contributed by atoms with E-state index in [9.17, 15) is 17.5 Å². The van der Waals surface area contributed by atoms with E-state index in [1.54, 1.807) is 0 Å². The molecule has 2 atom stereocenters. The lowest BCUT2D eigenvalue weighted by Gasteiger charge is -2.12. The van der Waals surface area contributed by atoms with Crippen LogP contribution >= 0.6 is 0 Å². The van der Waals surface area contributed by atoms with Crippen molar-refractivity contribution in [3.05, 3.63) is 0 Å². The zero-order chi connectivity index (χ0) is 34.5. The molecule has 0 aromatic carbocycles. The normalized spacial score (nSPS) is 13.4. The van der Waals surface area contributed by atoms with Gasteiger partial charge in [0, 0.05) is 0 Å². The van der Waals surface area contributed by atoms with Crippen molar-refractivity contribution in [2.24, 2.45) is 0 Å². The third-order valence-electron chi connectivity index (χ3n) is 9.03. The second kappa shape index (κ2) is 37.7. The zero-order valence-corrected chi connectivity index (χ0v) is 33.6. The topological polar surface area (TPSA) is 98.7 Å². The van der Waals surface area contributed by atoms with E-state index in [1.165, 1.54) is 167 Å². The molecule has 9 heteroatoms. The van der Waals surface area contributed by atoms with Crippen molar-refractivity contribution in [2.45, 2.75) is 206 Å². The Morgan fingerprint density at radius 1 is 0.362 bits per heavy atom. The Morgan fingerprint density at radius 2 is 0.574 bits per heavy atom. The van der Waals surface area contributed by atoms with Gasteiger partial charge in [-0.1, -0.05) is 203 Å². The monoisotopic (exact) mass is 726 g/mol. The highest BCUT2D eigenvalue weighted by Gasteiger charge is 2.16. The van der Waals surface area contributed by atoms with Crippen LogP contribution in [0.5, 0.6) is 0 Å². The van der Waals surface area contributed by atoms with Gasteiger partial charge in [0.25, 0.3) is 0 Å². The van der Waals surface area contributed by atoms with E-state index in [0.29, 0.717) is 11.5 Å². The molecule has 0 rings (SSSR count). The van der Waals surface area contributed by atoms with Crippen LogP contribution in [0, 0.1) is 0 Å². The first kappa shape index (κ1) is 47.5. The lowest BCUT2D eigenvalue weighted by molar-refractivity contribution is 0.232. The molecule has 0 aliphatic carbocycles. The van der Waals surface area contributed by atoms with Crippen molar-refractivity contribution >= 4 is 32.8 Å². The Kier molecular flexibility index (Phi) is 38.1. The van der Waals surface area contributed by atoms with Gasteiger partial charge in [-0.05, 0) is 25.7 Å². The molecular weight excluding hydrogens is 649 g/mol. The van der Waals surface area contributed by atoms with Crippen LogP contribution in [0.1, 0.15) is 206 Å². The third-order valence-corrected chi connectivity index (χ3v) is 12.7. The molecule has 0 amide bonds. The van der Waals surface area contributed by atoms with E-state index < -0.39 is 32.8 Å². The summed E-state index contributed by atoms with van der Waals surface area (Å²) in [5.74, 6) is 1.54. The smallest absolute Gasteiger partial charge is 0.400 e. The summed E-state index contributed by atoms with van der Waals surface area (Å²) >= 11 is -2.18. The highest BCUT2D eigenvalue weighted by molar-refractivity contribution is 7.91. The van der Waals surface area contributed by atoms with E-state index in [4.69, 9.17) is 8.37 Å². The van der Waals surface area contributed by atoms with Crippen molar-refractivity contribution < 1.29 is 25.9 Å². The molecule has 0 aliphatic rings. The molecule has 0 aliphatic heterocycles. The van der Waals surface area contributed by atoms with E-state index in [0.717, 1.165) is 25.7 Å². The second-order valence-electron chi connectivity index (χ2n) is 13.6. The Hall–Kier alpha value is 0.490. The highest BCUT2D eigenvalue weighted by Crippen LogP contribution is 2.15. The molecular formula is C38H78O6S3. The van der Waals surface area contributed by atoms with Gasteiger partial charge in [0.05, 0.1) is 0 Å². The summed E-state index contributed by atoms with van der Waals surface area (Å²) in [7, 11) is -4.14. The molecule has 284 valence electrons. The largest absolute Gasteiger partial charge is 0.616 e. The molecule has 0 fully saturated rings. The first-order valence-corrected chi connectivity index (χ1v) is 24.5. The molecule has 0 saturated heterocycles. The number of unbranched alkanes of at least 4 members (excludes halogenated alkanes) is 28. The minimum Gasteiger partial charge on any atom is -0.616 e. The fourth-order valence-corrected chi connectivity index (χ4v) is 8.82. The molecule has 0 bridgehead atoms. The first-order chi connectivity index (χ1) is 22.9. The fourth-order valence-electron chi connectivity index (χ4n) is 5.96. The minimum absolute atomic E-state index is 0.143. The maximum Gasteiger partial charge on any atom is 0.400 e. The summed E-state index contributed by atoms with van der Waals surface area (Å²) in [6.45, 7) is 4.24. The quantitative estimate of drug-likeness (QED) is 0.0460. The van der Waals surface area contributed by atoms with Crippen molar-refractivity contribution in [1.82, 2.24) is 0 Å². The molecule has 2 unspecified atom stereocenters. The van der Waals surface area contributed by atoms with Gasteiger partial charge < -0.3 is 9.11 Å². The van der Waals surface area contributed by atoms with Crippen LogP contribution < -0.4 is 0 Å². The van der Waals surface area contributed by atoms with Gasteiger partial charge >= 0.3 is 10.4 Å². The Bertz CT molecular complexity index is 658. The predicted molar refractivity (Wildman–Crippen MR) is 206 cm³/mol. The van der Waals surface area contributed by atoms with Gasteiger partial charge in [-0.15, -0.1) is 0 Å². The molecule has 0 radical (unpaired) electrons. The zero-order valence-electron chi connectivity index (χ0n) is 31.1. The van der Waals surface area contributed by atoms with Crippen LogP contribution in [0.2, 0.25) is 0 Å².